The van der Waals surface area contributed by atoms with Crippen LogP contribution in [0.1, 0.15) is 5.56 Å². The zero-order valence-electron chi connectivity index (χ0n) is 12.2. The van der Waals surface area contributed by atoms with Gasteiger partial charge in [0, 0.05) is 37.6 Å². The molecule has 1 aromatic heterocycles. The molecule has 0 fully saturated rings. The first kappa shape index (κ1) is 16.1. The topological polar surface area (TPSA) is 98.3 Å². The van der Waals surface area contributed by atoms with Crippen molar-refractivity contribution in [3.05, 3.63) is 52.3 Å². The monoisotopic (exact) mass is 324 g/mol. The lowest BCUT2D eigenvalue weighted by Gasteiger charge is -2.17. The molecule has 0 saturated heterocycles. The van der Waals surface area contributed by atoms with Crippen LogP contribution in [0.2, 0.25) is 0 Å². The standard InChI is InChI=1S/C13H16N4O4S/c1-11-10-12(4-5-13(11)17(18)19)22(20,21)15(2)8-9-16-7-3-6-14-16/h3-7,10H,8-9H2,1-2H3. The molecule has 0 N–H and O–H groups in total. The minimum absolute atomic E-state index is 0.0403. The van der Waals surface area contributed by atoms with Gasteiger partial charge in [-0.15, -0.1) is 0 Å². The maximum absolute atomic E-state index is 12.5. The van der Waals surface area contributed by atoms with Crippen LogP contribution in [-0.2, 0) is 16.6 Å². The van der Waals surface area contributed by atoms with Crippen LogP contribution in [0.5, 0.6) is 0 Å². The summed E-state index contributed by atoms with van der Waals surface area (Å²) in [6.45, 7) is 2.19. The van der Waals surface area contributed by atoms with Crippen LogP contribution in [0.3, 0.4) is 0 Å². The second-order valence-corrected chi connectivity index (χ2v) is 6.85. The normalized spacial score (nSPS) is 11.8. The maximum Gasteiger partial charge on any atom is 0.272 e. The number of nitro groups is 1. The number of benzene rings is 1. The third-order valence-electron chi connectivity index (χ3n) is 3.28. The Kier molecular flexibility index (Phi) is 4.57. The van der Waals surface area contributed by atoms with Crippen LogP contribution < -0.4 is 0 Å². The van der Waals surface area contributed by atoms with E-state index in [-0.39, 0.29) is 17.1 Å². The molecule has 22 heavy (non-hydrogen) atoms. The lowest BCUT2D eigenvalue weighted by atomic mass is 10.2. The Labute approximate surface area is 128 Å². The van der Waals surface area contributed by atoms with E-state index in [1.807, 2.05) is 0 Å². The summed E-state index contributed by atoms with van der Waals surface area (Å²) >= 11 is 0. The SMILES string of the molecule is Cc1cc(S(=O)(=O)N(C)CCn2cccn2)ccc1[N+](=O)[O-]. The van der Waals surface area contributed by atoms with Gasteiger partial charge in [-0.1, -0.05) is 0 Å². The number of nitro benzene ring substituents is 1. The molecule has 2 aromatic rings. The number of aryl methyl sites for hydroxylation is 1. The summed E-state index contributed by atoms with van der Waals surface area (Å²) in [5.41, 5.74) is 0.213. The smallest absolute Gasteiger partial charge is 0.271 e. The van der Waals surface area contributed by atoms with Crippen molar-refractivity contribution in [2.75, 3.05) is 13.6 Å². The van der Waals surface area contributed by atoms with Crippen molar-refractivity contribution >= 4 is 15.7 Å². The minimum atomic E-state index is -3.69. The van der Waals surface area contributed by atoms with Gasteiger partial charge in [0.1, 0.15) is 0 Å². The number of aromatic nitrogens is 2. The highest BCUT2D eigenvalue weighted by atomic mass is 32.2. The summed E-state index contributed by atoms with van der Waals surface area (Å²) in [5.74, 6) is 0. The van der Waals surface area contributed by atoms with Gasteiger partial charge in [-0.3, -0.25) is 14.8 Å². The first-order chi connectivity index (χ1) is 10.3. The van der Waals surface area contributed by atoms with Crippen LogP contribution in [-0.4, -0.2) is 41.0 Å². The number of nitrogens with zero attached hydrogens (tertiary/aromatic N) is 4. The quantitative estimate of drug-likeness (QED) is 0.591. The van der Waals surface area contributed by atoms with Gasteiger partial charge < -0.3 is 0 Å². The summed E-state index contributed by atoms with van der Waals surface area (Å²) < 4.78 is 27.7. The molecule has 1 aromatic carbocycles. The van der Waals surface area contributed by atoms with E-state index in [0.29, 0.717) is 12.1 Å². The van der Waals surface area contributed by atoms with E-state index >= 15 is 0 Å². The van der Waals surface area contributed by atoms with Gasteiger partial charge in [-0.05, 0) is 25.1 Å². The molecule has 0 aliphatic heterocycles. The molecule has 0 aliphatic carbocycles. The minimum Gasteiger partial charge on any atom is -0.271 e. The van der Waals surface area contributed by atoms with Crippen LogP contribution >= 0.6 is 0 Å². The zero-order valence-corrected chi connectivity index (χ0v) is 13.0. The third kappa shape index (κ3) is 3.31. The fourth-order valence-corrected chi connectivity index (χ4v) is 3.22. The molecular formula is C13H16N4O4S. The van der Waals surface area contributed by atoms with E-state index < -0.39 is 14.9 Å². The summed E-state index contributed by atoms with van der Waals surface area (Å²) in [7, 11) is -2.22. The van der Waals surface area contributed by atoms with Gasteiger partial charge in [0.2, 0.25) is 10.0 Å². The van der Waals surface area contributed by atoms with Gasteiger partial charge in [-0.25, -0.2) is 8.42 Å². The van der Waals surface area contributed by atoms with Gasteiger partial charge in [0.15, 0.2) is 0 Å². The van der Waals surface area contributed by atoms with E-state index in [4.69, 9.17) is 0 Å². The average molecular weight is 324 g/mol. The highest BCUT2D eigenvalue weighted by Gasteiger charge is 2.23. The van der Waals surface area contributed by atoms with E-state index in [0.717, 1.165) is 0 Å². The lowest BCUT2D eigenvalue weighted by molar-refractivity contribution is -0.385. The lowest BCUT2D eigenvalue weighted by Crippen LogP contribution is -2.30. The van der Waals surface area contributed by atoms with Crippen LogP contribution in [0, 0.1) is 17.0 Å². The largest absolute Gasteiger partial charge is 0.272 e. The van der Waals surface area contributed by atoms with E-state index in [9.17, 15) is 18.5 Å². The van der Waals surface area contributed by atoms with E-state index in [1.54, 1.807) is 23.1 Å². The molecule has 9 heteroatoms. The molecule has 0 amide bonds. The van der Waals surface area contributed by atoms with Crippen molar-refractivity contribution in [1.82, 2.24) is 14.1 Å². The van der Waals surface area contributed by atoms with Crippen molar-refractivity contribution in [2.24, 2.45) is 0 Å². The highest BCUT2D eigenvalue weighted by Crippen LogP contribution is 2.23. The van der Waals surface area contributed by atoms with Crippen molar-refractivity contribution < 1.29 is 13.3 Å². The second kappa shape index (κ2) is 6.24. The molecule has 2 rings (SSSR count). The van der Waals surface area contributed by atoms with Gasteiger partial charge in [-0.2, -0.15) is 9.40 Å². The number of hydrogen-bond donors (Lipinski definition) is 0. The first-order valence-corrected chi connectivity index (χ1v) is 7.95. The second-order valence-electron chi connectivity index (χ2n) is 4.80. The molecule has 0 atom stereocenters. The summed E-state index contributed by atoms with van der Waals surface area (Å²) in [6.07, 6.45) is 3.37. The molecule has 0 spiro atoms. The zero-order chi connectivity index (χ0) is 16.3. The molecule has 0 unspecified atom stereocenters. The first-order valence-electron chi connectivity index (χ1n) is 6.51. The highest BCUT2D eigenvalue weighted by molar-refractivity contribution is 7.89. The number of hydrogen-bond acceptors (Lipinski definition) is 5. The molecule has 0 aliphatic rings. The van der Waals surface area contributed by atoms with Crippen molar-refractivity contribution in [3.63, 3.8) is 0 Å². The molecule has 0 radical (unpaired) electrons. The van der Waals surface area contributed by atoms with E-state index in [2.05, 4.69) is 5.10 Å². The summed E-state index contributed by atoms with van der Waals surface area (Å²) in [4.78, 5) is 10.3. The van der Waals surface area contributed by atoms with Gasteiger partial charge in [0.05, 0.1) is 16.4 Å². The third-order valence-corrected chi connectivity index (χ3v) is 5.13. The Hall–Kier alpha value is -2.26. The van der Waals surface area contributed by atoms with E-state index in [1.165, 1.54) is 36.5 Å². The number of sulfonamides is 1. The predicted molar refractivity (Wildman–Crippen MR) is 79.9 cm³/mol. The molecule has 8 nitrogen and oxygen atoms in total. The van der Waals surface area contributed by atoms with Crippen molar-refractivity contribution in [3.8, 4) is 0 Å². The van der Waals surface area contributed by atoms with Crippen molar-refractivity contribution in [2.45, 2.75) is 18.4 Å². The van der Waals surface area contributed by atoms with Crippen LogP contribution in [0.15, 0.2) is 41.6 Å². The number of likely N-dealkylation sites (N-methyl/N-ethyl adjacent to an activating group) is 1. The predicted octanol–water partition coefficient (Wildman–Crippen LogP) is 1.42. The average Bonchev–Trinajstić information content (AvgIpc) is 2.97. The molecular weight excluding hydrogens is 308 g/mol. The molecule has 0 bridgehead atoms. The van der Waals surface area contributed by atoms with Crippen molar-refractivity contribution in [1.29, 1.82) is 0 Å². The summed E-state index contributed by atoms with van der Waals surface area (Å²) in [5, 5.41) is 14.8. The molecule has 0 saturated carbocycles. The Morgan fingerprint density at radius 2 is 2.14 bits per heavy atom. The Morgan fingerprint density at radius 3 is 2.68 bits per heavy atom. The Morgan fingerprint density at radius 1 is 1.41 bits per heavy atom. The Balaban J connectivity index is 2.18. The molecule has 118 valence electrons. The van der Waals surface area contributed by atoms with Gasteiger partial charge >= 0.3 is 0 Å². The van der Waals surface area contributed by atoms with Crippen LogP contribution in [0.4, 0.5) is 5.69 Å². The number of rotatable bonds is 6. The maximum atomic E-state index is 12.5. The Bertz CT molecular complexity index is 771. The van der Waals surface area contributed by atoms with Crippen LogP contribution in [0.25, 0.3) is 0 Å². The fraction of sp³-hybridized carbons (Fsp3) is 0.308. The fourth-order valence-electron chi connectivity index (χ4n) is 1.97. The summed E-state index contributed by atoms with van der Waals surface area (Å²) in [6, 6.07) is 5.54. The van der Waals surface area contributed by atoms with Gasteiger partial charge in [0.25, 0.3) is 5.69 Å². The molecule has 1 heterocycles.